The van der Waals surface area contributed by atoms with E-state index < -0.39 is 11.7 Å². The third kappa shape index (κ3) is 3.94. The maximum absolute atomic E-state index is 13.0. The molecular formula is C24H21ClF3N5O. The molecule has 0 N–H and O–H groups in total. The number of aryl methyl sites for hydroxylation is 2. The van der Waals surface area contributed by atoms with Crippen molar-refractivity contribution >= 4 is 28.2 Å². The summed E-state index contributed by atoms with van der Waals surface area (Å²) in [5.41, 5.74) is 2.96. The van der Waals surface area contributed by atoms with Crippen molar-refractivity contribution in [2.24, 2.45) is 18.1 Å². The van der Waals surface area contributed by atoms with E-state index in [1.54, 1.807) is 6.20 Å². The van der Waals surface area contributed by atoms with Crippen LogP contribution in [0.1, 0.15) is 29.1 Å². The van der Waals surface area contributed by atoms with Gasteiger partial charge in [0.05, 0.1) is 11.3 Å². The van der Waals surface area contributed by atoms with Gasteiger partial charge in [0.1, 0.15) is 10.8 Å². The number of nitrogens with zero attached hydrogens (tertiary/aromatic N) is 5. The van der Waals surface area contributed by atoms with Gasteiger partial charge in [-0.25, -0.2) is 9.97 Å². The second-order valence-corrected chi connectivity index (χ2v) is 8.74. The minimum atomic E-state index is -4.55. The summed E-state index contributed by atoms with van der Waals surface area (Å²) in [7, 11) is 2.02. The highest BCUT2D eigenvalue weighted by Gasteiger charge is 2.33. The van der Waals surface area contributed by atoms with Gasteiger partial charge in [-0.15, -0.1) is 0 Å². The van der Waals surface area contributed by atoms with Crippen molar-refractivity contribution in [1.29, 1.82) is 0 Å². The predicted molar refractivity (Wildman–Crippen MR) is 123 cm³/mol. The summed E-state index contributed by atoms with van der Waals surface area (Å²) in [5.74, 6) is 0.711. The molecule has 0 spiro atoms. The highest BCUT2D eigenvalue weighted by atomic mass is 35.5. The maximum atomic E-state index is 13.0. The summed E-state index contributed by atoms with van der Waals surface area (Å²) in [6.45, 7) is 2.58. The van der Waals surface area contributed by atoms with Crippen LogP contribution in [0, 0.1) is 12.8 Å². The Labute approximate surface area is 198 Å². The normalized spacial score (nSPS) is 17.4. The summed E-state index contributed by atoms with van der Waals surface area (Å²) >= 11 is 6.05. The number of para-hydroxylation sites is 1. The molecule has 34 heavy (non-hydrogen) atoms. The number of alkyl halides is 3. The van der Waals surface area contributed by atoms with Crippen molar-refractivity contribution in [2.75, 3.05) is 0 Å². The molecule has 3 aromatic heterocycles. The minimum absolute atomic E-state index is 0.000528. The molecule has 1 unspecified atom stereocenters. The van der Waals surface area contributed by atoms with Gasteiger partial charge < -0.3 is 14.0 Å². The van der Waals surface area contributed by atoms with Gasteiger partial charge in [0.15, 0.2) is 0 Å². The molecule has 1 aliphatic rings. The lowest BCUT2D eigenvalue weighted by molar-refractivity contribution is -0.137. The first-order chi connectivity index (χ1) is 16.2. The molecule has 6 nitrogen and oxygen atoms in total. The zero-order chi connectivity index (χ0) is 24.0. The van der Waals surface area contributed by atoms with Crippen molar-refractivity contribution in [1.82, 2.24) is 19.1 Å². The Bertz CT molecular complexity index is 1410. The van der Waals surface area contributed by atoms with Gasteiger partial charge >= 0.3 is 6.18 Å². The monoisotopic (exact) mass is 487 g/mol. The molecule has 176 valence electrons. The van der Waals surface area contributed by atoms with Crippen LogP contribution >= 0.6 is 11.6 Å². The Kier molecular flexibility index (Phi) is 5.59. The highest BCUT2D eigenvalue weighted by Crippen LogP contribution is 2.36. The molecule has 0 fully saturated rings. The van der Waals surface area contributed by atoms with Crippen molar-refractivity contribution in [2.45, 2.75) is 32.5 Å². The first-order valence-electron chi connectivity index (χ1n) is 10.8. The number of hydrogen-bond donors (Lipinski definition) is 0. The summed E-state index contributed by atoms with van der Waals surface area (Å²) in [5, 5.41) is 5.23. The molecular weight excluding hydrogens is 467 g/mol. The van der Waals surface area contributed by atoms with Crippen molar-refractivity contribution in [3.8, 4) is 5.88 Å². The van der Waals surface area contributed by atoms with Crippen LogP contribution in [0.4, 0.5) is 13.2 Å². The molecule has 0 saturated heterocycles. The largest absolute Gasteiger partial charge is 0.417 e. The van der Waals surface area contributed by atoms with Crippen molar-refractivity contribution < 1.29 is 18.0 Å². The molecule has 0 saturated carbocycles. The SMILES string of the molecule is Cc1nccn1CC1CCc2c(c3ccccc3n2C)C1=NOc1ncc(C(F)(F)F)cc1Cl. The second-order valence-electron chi connectivity index (χ2n) is 8.34. The van der Waals surface area contributed by atoms with Crippen molar-refractivity contribution in [3.63, 3.8) is 0 Å². The maximum Gasteiger partial charge on any atom is 0.417 e. The van der Waals surface area contributed by atoms with Crippen LogP contribution in [0.15, 0.2) is 54.1 Å². The molecule has 5 rings (SSSR count). The molecule has 1 aliphatic carbocycles. The quantitative estimate of drug-likeness (QED) is 0.342. The Morgan fingerprint density at radius 2 is 2.03 bits per heavy atom. The van der Waals surface area contributed by atoms with Gasteiger partial charge in [-0.2, -0.15) is 13.2 Å². The molecule has 4 aromatic rings. The van der Waals surface area contributed by atoms with E-state index in [-0.39, 0.29) is 16.8 Å². The molecule has 1 aromatic carbocycles. The first kappa shape index (κ1) is 22.5. The van der Waals surface area contributed by atoms with Crippen LogP contribution in [-0.4, -0.2) is 24.8 Å². The molecule has 0 amide bonds. The number of benzene rings is 1. The van der Waals surface area contributed by atoms with Crippen LogP contribution in [-0.2, 0) is 26.2 Å². The van der Waals surface area contributed by atoms with Gasteiger partial charge in [-0.05, 0) is 31.9 Å². The molecule has 0 radical (unpaired) electrons. The number of pyridine rings is 1. The Balaban J connectivity index is 1.58. The third-order valence-corrected chi connectivity index (χ3v) is 6.58. The zero-order valence-corrected chi connectivity index (χ0v) is 19.2. The van der Waals surface area contributed by atoms with E-state index in [4.69, 9.17) is 16.4 Å². The van der Waals surface area contributed by atoms with E-state index >= 15 is 0 Å². The van der Waals surface area contributed by atoms with Crippen LogP contribution in [0.5, 0.6) is 5.88 Å². The van der Waals surface area contributed by atoms with Crippen LogP contribution < -0.4 is 4.84 Å². The smallest absolute Gasteiger partial charge is 0.347 e. The number of aromatic nitrogens is 4. The van der Waals surface area contributed by atoms with Gasteiger partial charge in [0, 0.05) is 60.3 Å². The number of oxime groups is 1. The van der Waals surface area contributed by atoms with E-state index in [0.717, 1.165) is 46.9 Å². The molecule has 0 aliphatic heterocycles. The lowest BCUT2D eigenvalue weighted by Gasteiger charge is -2.26. The van der Waals surface area contributed by atoms with E-state index in [1.165, 1.54) is 0 Å². The van der Waals surface area contributed by atoms with Gasteiger partial charge in [-0.1, -0.05) is 35.0 Å². The highest BCUT2D eigenvalue weighted by molar-refractivity contribution is 6.31. The fraction of sp³-hybridized carbons (Fsp3) is 0.292. The summed E-state index contributed by atoms with van der Waals surface area (Å²) in [6, 6.07) is 8.84. The van der Waals surface area contributed by atoms with Gasteiger partial charge in [-0.3, -0.25) is 0 Å². The number of rotatable bonds is 4. The van der Waals surface area contributed by atoms with E-state index in [0.29, 0.717) is 18.5 Å². The average Bonchev–Trinajstić information content (AvgIpc) is 3.34. The Morgan fingerprint density at radius 3 is 2.74 bits per heavy atom. The lowest BCUT2D eigenvalue weighted by Crippen LogP contribution is -2.28. The molecule has 10 heteroatoms. The second kappa shape index (κ2) is 8.47. The summed E-state index contributed by atoms with van der Waals surface area (Å²) in [4.78, 5) is 13.7. The van der Waals surface area contributed by atoms with Crippen LogP contribution in [0.25, 0.3) is 10.9 Å². The summed E-state index contributed by atoms with van der Waals surface area (Å²) < 4.78 is 43.1. The topological polar surface area (TPSA) is 57.2 Å². The van der Waals surface area contributed by atoms with E-state index in [2.05, 4.69) is 30.3 Å². The Hall–Kier alpha value is -3.33. The van der Waals surface area contributed by atoms with E-state index in [9.17, 15) is 13.2 Å². The summed E-state index contributed by atoms with van der Waals surface area (Å²) in [6.07, 6.45) is 1.50. The molecule has 1 atom stereocenters. The first-order valence-corrected chi connectivity index (χ1v) is 11.1. The molecule has 3 heterocycles. The lowest BCUT2D eigenvalue weighted by atomic mass is 9.84. The fourth-order valence-electron chi connectivity index (χ4n) is 4.55. The Morgan fingerprint density at radius 1 is 1.24 bits per heavy atom. The van der Waals surface area contributed by atoms with Crippen LogP contribution in [0.2, 0.25) is 5.02 Å². The van der Waals surface area contributed by atoms with Crippen LogP contribution in [0.3, 0.4) is 0 Å². The van der Waals surface area contributed by atoms with Crippen molar-refractivity contribution in [3.05, 3.63) is 76.6 Å². The fourth-order valence-corrected chi connectivity index (χ4v) is 4.75. The van der Waals surface area contributed by atoms with Gasteiger partial charge in [0.25, 0.3) is 5.88 Å². The zero-order valence-electron chi connectivity index (χ0n) is 18.5. The predicted octanol–water partition coefficient (Wildman–Crippen LogP) is 5.80. The number of halogens is 4. The standard InChI is InChI=1S/C24H21ClF3N5O/c1-14-29-9-10-33(14)13-15-7-8-20-21(17-5-3-4-6-19(17)32(20)2)22(15)31-34-23-18(25)11-16(12-30-23)24(26,27)28/h3-6,9-12,15H,7-8,13H2,1-2H3. The number of hydrogen-bond acceptors (Lipinski definition) is 4. The van der Waals surface area contributed by atoms with E-state index in [1.807, 2.05) is 38.4 Å². The number of fused-ring (bicyclic) bond motifs is 3. The average molecular weight is 488 g/mol. The van der Waals surface area contributed by atoms with Gasteiger partial charge in [0.2, 0.25) is 0 Å². The third-order valence-electron chi connectivity index (χ3n) is 6.31. The molecule has 0 bridgehead atoms. The number of imidazole rings is 1. The minimum Gasteiger partial charge on any atom is -0.347 e.